The number of aromatic amines is 1. The van der Waals surface area contributed by atoms with Gasteiger partial charge >= 0.3 is 5.97 Å². The Morgan fingerprint density at radius 3 is 2.76 bits per heavy atom. The molecule has 0 saturated heterocycles. The first-order valence-electron chi connectivity index (χ1n) is 7.13. The molecule has 2 aromatic rings. The summed E-state index contributed by atoms with van der Waals surface area (Å²) in [6.07, 6.45) is 2.96. The maximum atomic E-state index is 12.0. The normalized spacial score (nSPS) is 10.5. The van der Waals surface area contributed by atoms with Crippen molar-refractivity contribution in [1.29, 1.82) is 0 Å². The van der Waals surface area contributed by atoms with Crippen LogP contribution in [-0.4, -0.2) is 30.5 Å². The summed E-state index contributed by atoms with van der Waals surface area (Å²) >= 11 is 0. The van der Waals surface area contributed by atoms with E-state index < -0.39 is 0 Å². The fourth-order valence-electron chi connectivity index (χ4n) is 2.17. The molecule has 0 bridgehead atoms. The van der Waals surface area contributed by atoms with E-state index in [9.17, 15) is 9.59 Å². The summed E-state index contributed by atoms with van der Waals surface area (Å²) in [6, 6.07) is 9.64. The van der Waals surface area contributed by atoms with Gasteiger partial charge in [-0.15, -0.1) is 0 Å². The first-order valence-corrected chi connectivity index (χ1v) is 7.13. The second-order valence-electron chi connectivity index (χ2n) is 4.91. The van der Waals surface area contributed by atoms with E-state index in [-0.39, 0.29) is 11.9 Å². The van der Waals surface area contributed by atoms with Crippen molar-refractivity contribution in [2.75, 3.05) is 13.7 Å². The second kappa shape index (κ2) is 7.47. The van der Waals surface area contributed by atoms with E-state index in [2.05, 4.69) is 15.0 Å². The van der Waals surface area contributed by atoms with Crippen molar-refractivity contribution in [3.8, 4) is 0 Å². The van der Waals surface area contributed by atoms with Crippen LogP contribution in [-0.2, 0) is 9.53 Å². The van der Waals surface area contributed by atoms with Gasteiger partial charge in [-0.1, -0.05) is 24.6 Å². The topological polar surface area (TPSA) is 71.2 Å². The summed E-state index contributed by atoms with van der Waals surface area (Å²) in [5, 5.41) is 3.90. The summed E-state index contributed by atoms with van der Waals surface area (Å²) in [7, 11) is 1.39. The van der Waals surface area contributed by atoms with Crippen molar-refractivity contribution in [2.45, 2.75) is 25.7 Å². The lowest BCUT2D eigenvalue weighted by atomic mass is 10.2. The summed E-state index contributed by atoms with van der Waals surface area (Å²) in [4.78, 5) is 26.0. The lowest BCUT2D eigenvalue weighted by molar-refractivity contribution is -0.140. The molecular weight excluding hydrogens is 268 g/mol. The van der Waals surface area contributed by atoms with Crippen molar-refractivity contribution in [1.82, 2.24) is 10.3 Å². The number of benzene rings is 1. The molecule has 1 amide bonds. The third-order valence-electron chi connectivity index (χ3n) is 3.35. The fraction of sp³-hybridized carbons (Fsp3) is 0.375. The SMILES string of the molecule is COC(=O)CCCCCNC(=O)c1cc2ccccc2[nH]1. The number of carbonyl (C=O) groups excluding carboxylic acids is 2. The summed E-state index contributed by atoms with van der Waals surface area (Å²) in [5.74, 6) is -0.281. The van der Waals surface area contributed by atoms with Gasteiger partial charge in [-0.3, -0.25) is 9.59 Å². The van der Waals surface area contributed by atoms with Crippen LogP contribution >= 0.6 is 0 Å². The van der Waals surface area contributed by atoms with Crippen molar-refractivity contribution in [2.24, 2.45) is 0 Å². The largest absolute Gasteiger partial charge is 0.469 e. The number of H-pyrrole nitrogens is 1. The molecule has 0 atom stereocenters. The number of fused-ring (bicyclic) bond motifs is 1. The van der Waals surface area contributed by atoms with Crippen LogP contribution < -0.4 is 5.32 Å². The van der Waals surface area contributed by atoms with Gasteiger partial charge in [0.1, 0.15) is 5.69 Å². The monoisotopic (exact) mass is 288 g/mol. The van der Waals surface area contributed by atoms with Crippen LogP contribution in [0.5, 0.6) is 0 Å². The maximum absolute atomic E-state index is 12.0. The van der Waals surface area contributed by atoms with Crippen LogP contribution in [0.3, 0.4) is 0 Å². The quantitative estimate of drug-likeness (QED) is 0.607. The van der Waals surface area contributed by atoms with E-state index in [0.717, 1.165) is 30.2 Å². The minimum atomic E-state index is -0.183. The van der Waals surface area contributed by atoms with E-state index in [0.29, 0.717) is 18.7 Å². The average molecular weight is 288 g/mol. The number of esters is 1. The Hall–Kier alpha value is -2.30. The Balaban J connectivity index is 1.71. The summed E-state index contributed by atoms with van der Waals surface area (Å²) < 4.78 is 4.57. The zero-order chi connectivity index (χ0) is 15.1. The number of methoxy groups -OCH3 is 1. The number of amides is 1. The van der Waals surface area contributed by atoms with Crippen LogP contribution in [0.4, 0.5) is 0 Å². The highest BCUT2D eigenvalue weighted by Crippen LogP contribution is 2.14. The van der Waals surface area contributed by atoms with Crippen LogP contribution in [0.2, 0.25) is 0 Å². The van der Waals surface area contributed by atoms with Gasteiger partial charge < -0.3 is 15.0 Å². The summed E-state index contributed by atoms with van der Waals surface area (Å²) in [5.41, 5.74) is 1.53. The highest BCUT2D eigenvalue weighted by molar-refractivity contribution is 5.97. The van der Waals surface area contributed by atoms with Gasteiger partial charge in [0.25, 0.3) is 5.91 Å². The first kappa shape index (κ1) is 15.1. The molecule has 0 saturated carbocycles. The van der Waals surface area contributed by atoms with Crippen molar-refractivity contribution >= 4 is 22.8 Å². The molecule has 0 aliphatic carbocycles. The van der Waals surface area contributed by atoms with Crippen molar-refractivity contribution < 1.29 is 14.3 Å². The minimum absolute atomic E-state index is 0.0980. The summed E-state index contributed by atoms with van der Waals surface area (Å²) in [6.45, 7) is 0.607. The van der Waals surface area contributed by atoms with E-state index >= 15 is 0 Å². The number of carbonyl (C=O) groups is 2. The smallest absolute Gasteiger partial charge is 0.305 e. The molecule has 0 aliphatic heterocycles. The Kier molecular flexibility index (Phi) is 5.37. The standard InChI is InChI=1S/C16H20N2O3/c1-21-15(19)9-3-2-6-10-17-16(20)14-11-12-7-4-5-8-13(12)18-14/h4-5,7-8,11,18H,2-3,6,9-10H2,1H3,(H,17,20). The number of aromatic nitrogens is 1. The second-order valence-corrected chi connectivity index (χ2v) is 4.91. The number of para-hydroxylation sites is 1. The van der Waals surface area contributed by atoms with Crippen LogP contribution in [0.15, 0.2) is 30.3 Å². The van der Waals surface area contributed by atoms with Crippen LogP contribution in [0, 0.1) is 0 Å². The lowest BCUT2D eigenvalue weighted by Crippen LogP contribution is -2.24. The molecular formula is C16H20N2O3. The third kappa shape index (κ3) is 4.34. The molecule has 2 N–H and O–H groups in total. The highest BCUT2D eigenvalue weighted by Gasteiger charge is 2.08. The molecule has 1 aromatic carbocycles. The molecule has 1 heterocycles. The van der Waals surface area contributed by atoms with E-state index in [4.69, 9.17) is 0 Å². The number of ether oxygens (including phenoxy) is 1. The van der Waals surface area contributed by atoms with Gasteiger partial charge in [-0.2, -0.15) is 0 Å². The van der Waals surface area contributed by atoms with Crippen LogP contribution in [0.1, 0.15) is 36.2 Å². The Morgan fingerprint density at radius 2 is 2.00 bits per heavy atom. The highest BCUT2D eigenvalue weighted by atomic mass is 16.5. The molecule has 112 valence electrons. The number of hydrogen-bond donors (Lipinski definition) is 2. The number of nitrogens with one attached hydrogen (secondary N) is 2. The molecule has 0 radical (unpaired) electrons. The van der Waals surface area contributed by atoms with Crippen molar-refractivity contribution in [3.63, 3.8) is 0 Å². The Labute approximate surface area is 123 Å². The number of unbranched alkanes of at least 4 members (excludes halogenated alkanes) is 2. The fourth-order valence-corrected chi connectivity index (χ4v) is 2.17. The minimum Gasteiger partial charge on any atom is -0.469 e. The van der Waals surface area contributed by atoms with E-state index in [1.54, 1.807) is 0 Å². The molecule has 0 spiro atoms. The zero-order valence-electron chi connectivity index (χ0n) is 12.1. The maximum Gasteiger partial charge on any atom is 0.305 e. The van der Waals surface area contributed by atoms with E-state index in [1.165, 1.54) is 7.11 Å². The van der Waals surface area contributed by atoms with Crippen LogP contribution in [0.25, 0.3) is 10.9 Å². The lowest BCUT2D eigenvalue weighted by Gasteiger charge is -2.03. The third-order valence-corrected chi connectivity index (χ3v) is 3.35. The molecule has 2 rings (SSSR count). The van der Waals surface area contributed by atoms with E-state index in [1.807, 2.05) is 30.3 Å². The molecule has 5 heteroatoms. The molecule has 0 unspecified atom stereocenters. The predicted molar refractivity (Wildman–Crippen MR) is 81.1 cm³/mol. The molecule has 1 aromatic heterocycles. The molecule has 0 fully saturated rings. The predicted octanol–water partition coefficient (Wildman–Crippen LogP) is 2.63. The van der Waals surface area contributed by atoms with Gasteiger partial charge in [-0.05, 0) is 25.0 Å². The molecule has 21 heavy (non-hydrogen) atoms. The number of hydrogen-bond acceptors (Lipinski definition) is 3. The number of rotatable bonds is 7. The Morgan fingerprint density at radius 1 is 1.19 bits per heavy atom. The van der Waals surface area contributed by atoms with Crippen molar-refractivity contribution in [3.05, 3.63) is 36.0 Å². The first-order chi connectivity index (χ1) is 10.2. The van der Waals surface area contributed by atoms with Gasteiger partial charge in [0.05, 0.1) is 7.11 Å². The Bertz CT molecular complexity index is 586. The zero-order valence-corrected chi connectivity index (χ0v) is 12.1. The molecule has 0 aliphatic rings. The average Bonchev–Trinajstić information content (AvgIpc) is 2.94. The van der Waals surface area contributed by atoms with Gasteiger partial charge in [0.15, 0.2) is 0 Å². The van der Waals surface area contributed by atoms with Gasteiger partial charge in [0.2, 0.25) is 0 Å². The van der Waals surface area contributed by atoms with Gasteiger partial charge in [0, 0.05) is 23.9 Å². The molecule has 5 nitrogen and oxygen atoms in total. The van der Waals surface area contributed by atoms with Gasteiger partial charge in [-0.25, -0.2) is 0 Å².